The first kappa shape index (κ1) is 18.1. The first-order valence-corrected chi connectivity index (χ1v) is 8.65. The molecule has 0 saturated heterocycles. The normalized spacial score (nSPS) is 18.8. The van der Waals surface area contributed by atoms with Crippen molar-refractivity contribution in [2.24, 2.45) is 26.2 Å². The summed E-state index contributed by atoms with van der Waals surface area (Å²) in [4.78, 5) is 28.5. The number of hydrogen-bond acceptors (Lipinski definition) is 8. The van der Waals surface area contributed by atoms with Crippen LogP contribution in [0.4, 0.5) is 0 Å². The molecule has 0 radical (unpaired) electrons. The molecule has 3 N–H and O–H groups in total. The maximum atomic E-state index is 12.4. The summed E-state index contributed by atoms with van der Waals surface area (Å²) >= 11 is 0. The van der Waals surface area contributed by atoms with Crippen molar-refractivity contribution in [3.05, 3.63) is 57.0 Å². The van der Waals surface area contributed by atoms with Gasteiger partial charge in [-0.05, 0) is 18.1 Å². The fraction of sp³-hybridized carbons (Fsp3) is 0.167. The molecule has 0 amide bonds. The second kappa shape index (κ2) is 7.35. The molecule has 1 aromatic carbocycles. The first-order valence-electron chi connectivity index (χ1n) is 8.65. The van der Waals surface area contributed by atoms with Crippen molar-refractivity contribution >= 4 is 28.9 Å². The highest BCUT2D eigenvalue weighted by Crippen LogP contribution is 2.27. The predicted molar refractivity (Wildman–Crippen MR) is 102 cm³/mol. The number of aromatic nitrogens is 2. The number of benzene rings is 1. The number of rotatable bonds is 4. The number of ether oxygens (including phenoxy) is 1. The molecule has 1 unspecified atom stereocenters. The van der Waals surface area contributed by atoms with Crippen molar-refractivity contribution in [2.75, 3.05) is 6.61 Å². The number of nitrogens with zero attached hydrogens (tertiary/aromatic N) is 5. The van der Waals surface area contributed by atoms with Crippen LogP contribution < -0.4 is 21.7 Å². The zero-order valence-corrected chi connectivity index (χ0v) is 15.1. The molecule has 0 saturated carbocycles. The van der Waals surface area contributed by atoms with E-state index in [1.807, 2.05) is 30.3 Å². The standard InChI is InChI=1S/C18H14N8O3/c1-2-29-18(28)10(8-19)21-24-16-12-11(9-6-4-3-5-7-9)13-15(23-26-17(13)27)20-14(12)22-25-16/h3-7,12H,2H2,1H3,(H,24,25)(H,26,27)(H,20,22,23)/b21-10+. The van der Waals surface area contributed by atoms with E-state index in [4.69, 9.17) is 10.00 Å². The lowest BCUT2D eigenvalue weighted by atomic mass is 9.88. The van der Waals surface area contributed by atoms with E-state index in [2.05, 4.69) is 35.9 Å². The van der Waals surface area contributed by atoms with Crippen LogP contribution in [0.3, 0.4) is 0 Å². The van der Waals surface area contributed by atoms with E-state index in [9.17, 15) is 9.59 Å². The Morgan fingerprint density at radius 2 is 2.10 bits per heavy atom. The van der Waals surface area contributed by atoms with Crippen molar-refractivity contribution in [1.29, 1.82) is 5.26 Å². The Hall–Kier alpha value is -4.33. The van der Waals surface area contributed by atoms with Gasteiger partial charge in [0.15, 0.2) is 17.2 Å². The van der Waals surface area contributed by atoms with Gasteiger partial charge in [0.1, 0.15) is 12.0 Å². The molecule has 0 spiro atoms. The van der Waals surface area contributed by atoms with Gasteiger partial charge in [-0.25, -0.2) is 9.79 Å². The molecule has 0 aliphatic carbocycles. The highest BCUT2D eigenvalue weighted by atomic mass is 16.5. The molecule has 2 aliphatic rings. The lowest BCUT2D eigenvalue weighted by Gasteiger charge is -2.17. The molecule has 0 bridgehead atoms. The smallest absolute Gasteiger partial charge is 0.369 e. The van der Waals surface area contributed by atoms with Gasteiger partial charge in [-0.1, -0.05) is 30.3 Å². The molecular formula is C18H14N8O3. The molecule has 0 fully saturated rings. The molecule has 3 heterocycles. The average molecular weight is 390 g/mol. The number of aromatic amines is 2. The summed E-state index contributed by atoms with van der Waals surface area (Å²) < 4.78 is 4.78. The number of carbonyl (C=O) groups is 1. The van der Waals surface area contributed by atoms with Crippen LogP contribution in [0.2, 0.25) is 0 Å². The van der Waals surface area contributed by atoms with Gasteiger partial charge in [-0.3, -0.25) is 20.4 Å². The van der Waals surface area contributed by atoms with Gasteiger partial charge in [-0.15, -0.1) is 10.2 Å². The number of H-pyrrole nitrogens is 2. The van der Waals surface area contributed by atoms with Crippen LogP contribution >= 0.6 is 0 Å². The van der Waals surface area contributed by atoms with Gasteiger partial charge in [0, 0.05) is 0 Å². The summed E-state index contributed by atoms with van der Waals surface area (Å²) in [5.41, 5.74) is 3.66. The Morgan fingerprint density at radius 3 is 2.83 bits per heavy atom. The predicted octanol–water partition coefficient (Wildman–Crippen LogP) is -1.09. The zero-order chi connectivity index (χ0) is 20.4. The zero-order valence-electron chi connectivity index (χ0n) is 15.1. The minimum atomic E-state index is -0.872. The van der Waals surface area contributed by atoms with E-state index in [1.54, 1.807) is 13.0 Å². The van der Waals surface area contributed by atoms with E-state index in [0.717, 1.165) is 5.56 Å². The van der Waals surface area contributed by atoms with E-state index in [0.29, 0.717) is 22.1 Å². The number of nitriles is 1. The lowest BCUT2D eigenvalue weighted by Crippen LogP contribution is -2.44. The highest BCUT2D eigenvalue weighted by Gasteiger charge is 2.36. The Morgan fingerprint density at radius 1 is 1.31 bits per heavy atom. The van der Waals surface area contributed by atoms with Crippen LogP contribution in [0.25, 0.3) is 5.57 Å². The fourth-order valence-corrected chi connectivity index (χ4v) is 3.08. The van der Waals surface area contributed by atoms with E-state index >= 15 is 0 Å². The van der Waals surface area contributed by atoms with Gasteiger partial charge in [0.25, 0.3) is 5.56 Å². The summed E-state index contributed by atoms with van der Waals surface area (Å²) in [5.74, 6) is -0.891. The second-order valence-corrected chi connectivity index (χ2v) is 5.98. The monoisotopic (exact) mass is 390 g/mol. The summed E-state index contributed by atoms with van der Waals surface area (Å²) in [7, 11) is 0. The number of carbonyl (C=O) groups excluding carboxylic acids is 1. The lowest BCUT2D eigenvalue weighted by molar-refractivity contribution is -0.134. The van der Waals surface area contributed by atoms with Crippen molar-refractivity contribution < 1.29 is 9.53 Å². The number of esters is 1. The van der Waals surface area contributed by atoms with Crippen LogP contribution in [0.5, 0.6) is 0 Å². The van der Waals surface area contributed by atoms with Crippen LogP contribution in [0.15, 0.2) is 55.4 Å². The van der Waals surface area contributed by atoms with E-state index in [-0.39, 0.29) is 18.0 Å². The van der Waals surface area contributed by atoms with Crippen molar-refractivity contribution in [3.63, 3.8) is 0 Å². The molecule has 11 heteroatoms. The third-order valence-corrected chi connectivity index (χ3v) is 4.28. The first-order chi connectivity index (χ1) is 14.1. The Balaban J connectivity index is 1.87. The number of fused-ring (bicyclic) bond motifs is 2. The average Bonchev–Trinajstić information content (AvgIpc) is 3.31. The summed E-state index contributed by atoms with van der Waals surface area (Å²) in [6, 6.07) is 10.9. The number of hydrazone groups is 1. The second-order valence-electron chi connectivity index (χ2n) is 5.98. The minimum Gasteiger partial charge on any atom is -0.461 e. The summed E-state index contributed by atoms with van der Waals surface area (Å²) in [5, 5.41) is 26.6. The van der Waals surface area contributed by atoms with Crippen molar-refractivity contribution in [1.82, 2.24) is 15.6 Å². The number of hydrogen-bond donors (Lipinski definition) is 3. The molecule has 1 atom stereocenters. The van der Waals surface area contributed by atoms with Gasteiger partial charge in [0.2, 0.25) is 5.71 Å². The van der Waals surface area contributed by atoms with Gasteiger partial charge < -0.3 is 4.74 Å². The van der Waals surface area contributed by atoms with Gasteiger partial charge in [-0.2, -0.15) is 10.4 Å². The van der Waals surface area contributed by atoms with E-state index in [1.165, 1.54) is 0 Å². The van der Waals surface area contributed by atoms with Crippen molar-refractivity contribution in [2.45, 2.75) is 6.92 Å². The summed E-state index contributed by atoms with van der Waals surface area (Å²) in [6.45, 7) is 1.72. The van der Waals surface area contributed by atoms with Gasteiger partial charge >= 0.3 is 5.97 Å². The number of nitrogens with one attached hydrogen (secondary N) is 3. The highest BCUT2D eigenvalue weighted by molar-refractivity contribution is 6.43. The SMILES string of the molecule is CCOC(=O)/C(C#N)=N/N=C1\NN=C2N=c3[nH][nH]c(=O)c3=C(c3ccccc3)C21. The molecule has 144 valence electrons. The molecule has 1 aromatic heterocycles. The Kier molecular flexibility index (Phi) is 4.58. The Bertz CT molecular complexity index is 1290. The van der Waals surface area contributed by atoms with Crippen LogP contribution in [0, 0.1) is 17.2 Å². The maximum absolute atomic E-state index is 12.4. The quantitative estimate of drug-likeness (QED) is 0.343. The van der Waals surface area contributed by atoms with Crippen molar-refractivity contribution in [3.8, 4) is 6.07 Å². The molecular weight excluding hydrogens is 376 g/mol. The molecule has 11 nitrogen and oxygen atoms in total. The van der Waals surface area contributed by atoms with Crippen LogP contribution in [-0.2, 0) is 9.53 Å². The molecule has 2 aromatic rings. The Labute approximate surface area is 162 Å². The fourth-order valence-electron chi connectivity index (χ4n) is 3.08. The summed E-state index contributed by atoms with van der Waals surface area (Å²) in [6.07, 6.45) is 0. The number of amidine groups is 2. The maximum Gasteiger partial charge on any atom is 0.369 e. The minimum absolute atomic E-state index is 0.105. The largest absolute Gasteiger partial charge is 0.461 e. The van der Waals surface area contributed by atoms with Crippen LogP contribution in [-0.4, -0.2) is 40.2 Å². The third kappa shape index (κ3) is 3.12. The topological polar surface area (TPSA) is 160 Å². The molecule has 2 aliphatic heterocycles. The van der Waals surface area contributed by atoms with Crippen LogP contribution in [0.1, 0.15) is 12.5 Å². The van der Waals surface area contributed by atoms with E-state index < -0.39 is 17.6 Å². The molecule has 29 heavy (non-hydrogen) atoms. The van der Waals surface area contributed by atoms with Gasteiger partial charge in [0.05, 0.1) is 11.8 Å². The molecule has 4 rings (SSSR count). The third-order valence-electron chi connectivity index (χ3n) is 4.28.